The van der Waals surface area contributed by atoms with E-state index in [1.54, 1.807) is 0 Å². The molecule has 0 fully saturated rings. The van der Waals surface area contributed by atoms with E-state index < -0.39 is 16.8 Å². The molecule has 2 aromatic carbocycles. The second-order valence-electron chi connectivity index (χ2n) is 6.52. The van der Waals surface area contributed by atoms with Crippen LogP contribution < -0.4 is 16.4 Å². The molecule has 152 valence electrons. The SMILES string of the molecule is Cc1cccc(-c2cc(NCCNc3ccc(S(=N)O)cc3F)nc(N)n2)c1C. The van der Waals surface area contributed by atoms with Crippen LogP contribution in [0, 0.1) is 24.4 Å². The van der Waals surface area contributed by atoms with E-state index in [-0.39, 0.29) is 10.8 Å². The molecule has 0 bridgehead atoms. The first-order chi connectivity index (χ1) is 13.8. The van der Waals surface area contributed by atoms with Gasteiger partial charge in [-0.2, -0.15) is 4.98 Å². The molecule has 0 aliphatic rings. The number of nitrogens with one attached hydrogen (secondary N) is 3. The van der Waals surface area contributed by atoms with E-state index in [4.69, 9.17) is 10.5 Å². The fourth-order valence-electron chi connectivity index (χ4n) is 2.87. The molecule has 3 aromatic rings. The van der Waals surface area contributed by atoms with Gasteiger partial charge in [0.05, 0.1) is 22.4 Å². The molecule has 1 aromatic heterocycles. The van der Waals surface area contributed by atoms with Crippen molar-refractivity contribution < 1.29 is 8.94 Å². The molecule has 0 radical (unpaired) electrons. The van der Waals surface area contributed by atoms with Crippen LogP contribution in [0.1, 0.15) is 11.1 Å². The summed E-state index contributed by atoms with van der Waals surface area (Å²) in [5.74, 6) is 0.254. The lowest BCUT2D eigenvalue weighted by Crippen LogP contribution is -2.15. The van der Waals surface area contributed by atoms with Gasteiger partial charge in [-0.1, -0.05) is 18.2 Å². The topological polar surface area (TPSA) is 120 Å². The molecule has 0 amide bonds. The molecular weight excluding hydrogens is 391 g/mol. The maximum Gasteiger partial charge on any atom is 0.222 e. The third kappa shape index (κ3) is 5.07. The first-order valence-corrected chi connectivity index (χ1v) is 10.2. The van der Waals surface area contributed by atoms with E-state index in [1.807, 2.05) is 38.1 Å². The first-order valence-electron chi connectivity index (χ1n) is 8.98. The van der Waals surface area contributed by atoms with Gasteiger partial charge in [0.25, 0.3) is 0 Å². The van der Waals surface area contributed by atoms with Gasteiger partial charge >= 0.3 is 0 Å². The Balaban J connectivity index is 1.65. The Morgan fingerprint density at radius 2 is 1.86 bits per heavy atom. The van der Waals surface area contributed by atoms with Crippen molar-refractivity contribution in [3.63, 3.8) is 0 Å². The van der Waals surface area contributed by atoms with Gasteiger partial charge in [0.15, 0.2) is 0 Å². The molecule has 29 heavy (non-hydrogen) atoms. The number of nitrogens with two attached hydrogens (primary N) is 1. The van der Waals surface area contributed by atoms with Gasteiger partial charge in [-0.05, 0) is 43.2 Å². The van der Waals surface area contributed by atoms with E-state index in [0.29, 0.717) is 24.6 Å². The maximum absolute atomic E-state index is 14.0. The Morgan fingerprint density at radius 1 is 1.10 bits per heavy atom. The summed E-state index contributed by atoms with van der Waals surface area (Å²) in [6, 6.07) is 12.1. The third-order valence-electron chi connectivity index (χ3n) is 4.53. The van der Waals surface area contributed by atoms with E-state index in [2.05, 4.69) is 20.6 Å². The Morgan fingerprint density at radius 3 is 2.59 bits per heavy atom. The molecule has 1 unspecified atom stereocenters. The number of nitrogens with zero attached hydrogens (tertiary/aromatic N) is 2. The van der Waals surface area contributed by atoms with Crippen molar-refractivity contribution >= 4 is 28.4 Å². The van der Waals surface area contributed by atoms with Crippen molar-refractivity contribution in [2.45, 2.75) is 18.7 Å². The number of halogens is 1. The number of nitrogen functional groups attached to an aromatic ring is 1. The quantitative estimate of drug-likeness (QED) is 0.369. The number of aromatic nitrogens is 2. The molecule has 0 aliphatic carbocycles. The van der Waals surface area contributed by atoms with Gasteiger partial charge in [-0.15, -0.1) is 0 Å². The molecule has 9 heteroatoms. The Bertz CT molecular complexity index is 1060. The summed E-state index contributed by atoms with van der Waals surface area (Å²) in [7, 11) is -1.71. The predicted octanol–water partition coefficient (Wildman–Crippen LogP) is 4.22. The normalized spacial score (nSPS) is 11.9. The molecule has 1 heterocycles. The minimum Gasteiger partial charge on any atom is -0.381 e. The van der Waals surface area contributed by atoms with E-state index in [0.717, 1.165) is 22.9 Å². The van der Waals surface area contributed by atoms with Gasteiger partial charge in [0, 0.05) is 29.6 Å². The van der Waals surface area contributed by atoms with Crippen LogP contribution in [0.2, 0.25) is 0 Å². The Kier molecular flexibility index (Phi) is 6.40. The maximum atomic E-state index is 14.0. The molecule has 0 saturated heterocycles. The standard InChI is InChI=1S/C20H23FN6OS/c1-12-4-3-5-15(13(12)2)18-11-19(27-20(22)26-18)25-9-8-24-17-7-6-14(29(23)28)10-16(17)21/h3-7,10-11,24H,8-9H2,1-2H3,(H2,23,28)(H3,22,25,26,27). The van der Waals surface area contributed by atoms with Crippen LogP contribution in [0.4, 0.5) is 21.8 Å². The first kappa shape index (κ1) is 20.7. The highest BCUT2D eigenvalue weighted by Gasteiger charge is 2.09. The second-order valence-corrected chi connectivity index (χ2v) is 7.56. The number of hydrogen-bond acceptors (Lipinski definition) is 6. The Hall–Kier alpha value is -3.04. The van der Waals surface area contributed by atoms with Gasteiger partial charge in [0.1, 0.15) is 11.6 Å². The summed E-state index contributed by atoms with van der Waals surface area (Å²) in [5.41, 5.74) is 10.2. The molecule has 7 nitrogen and oxygen atoms in total. The minimum atomic E-state index is -1.71. The van der Waals surface area contributed by atoms with Crippen LogP contribution in [0.15, 0.2) is 47.4 Å². The number of hydrogen-bond donors (Lipinski definition) is 5. The lowest BCUT2D eigenvalue weighted by Gasteiger charge is -2.12. The molecule has 0 saturated carbocycles. The monoisotopic (exact) mass is 414 g/mol. The predicted molar refractivity (Wildman–Crippen MR) is 116 cm³/mol. The largest absolute Gasteiger partial charge is 0.381 e. The molecular formula is C20H23FN6OS. The van der Waals surface area contributed by atoms with Crippen LogP contribution in [-0.2, 0) is 11.0 Å². The summed E-state index contributed by atoms with van der Waals surface area (Å²) in [4.78, 5) is 8.79. The van der Waals surface area contributed by atoms with E-state index in [1.165, 1.54) is 17.7 Å². The van der Waals surface area contributed by atoms with Gasteiger partial charge in [-0.25, -0.2) is 9.37 Å². The van der Waals surface area contributed by atoms with Crippen molar-refractivity contribution in [2.24, 2.45) is 0 Å². The summed E-state index contributed by atoms with van der Waals surface area (Å²) in [6.45, 7) is 5.00. The van der Waals surface area contributed by atoms with Crippen LogP contribution >= 0.6 is 0 Å². The van der Waals surface area contributed by atoms with Crippen LogP contribution in [0.25, 0.3) is 11.3 Å². The average molecular weight is 415 g/mol. The molecule has 3 rings (SSSR count). The fourth-order valence-corrected chi connectivity index (χ4v) is 3.28. The minimum absolute atomic E-state index is 0.176. The summed E-state index contributed by atoms with van der Waals surface area (Å²) in [5, 5.41) is 6.14. The lowest BCUT2D eigenvalue weighted by molar-refractivity contribution is 0.620. The van der Waals surface area contributed by atoms with E-state index >= 15 is 0 Å². The summed E-state index contributed by atoms with van der Waals surface area (Å²) < 4.78 is 30.5. The van der Waals surface area contributed by atoms with Crippen molar-refractivity contribution in [3.8, 4) is 11.3 Å². The van der Waals surface area contributed by atoms with Gasteiger partial charge in [0.2, 0.25) is 5.95 Å². The van der Waals surface area contributed by atoms with Crippen molar-refractivity contribution in [1.82, 2.24) is 9.97 Å². The number of aryl methyl sites for hydroxylation is 1. The zero-order valence-corrected chi connectivity index (χ0v) is 17.0. The van der Waals surface area contributed by atoms with Crippen LogP contribution in [-0.4, -0.2) is 27.6 Å². The molecule has 0 aliphatic heterocycles. The average Bonchev–Trinajstić information content (AvgIpc) is 2.67. The Labute approximate surface area is 171 Å². The zero-order chi connectivity index (χ0) is 21.0. The van der Waals surface area contributed by atoms with Crippen LogP contribution in [0.3, 0.4) is 0 Å². The second kappa shape index (κ2) is 8.97. The third-order valence-corrected chi connectivity index (χ3v) is 5.23. The number of anilines is 3. The van der Waals surface area contributed by atoms with Crippen molar-refractivity contribution in [3.05, 3.63) is 59.4 Å². The highest BCUT2D eigenvalue weighted by molar-refractivity contribution is 7.80. The van der Waals surface area contributed by atoms with Crippen LogP contribution in [0.5, 0.6) is 0 Å². The summed E-state index contributed by atoms with van der Waals surface area (Å²) in [6.07, 6.45) is 0. The van der Waals surface area contributed by atoms with Gasteiger partial charge < -0.3 is 20.9 Å². The smallest absolute Gasteiger partial charge is 0.222 e. The highest BCUT2D eigenvalue weighted by Crippen LogP contribution is 2.26. The molecule has 6 N–H and O–H groups in total. The summed E-state index contributed by atoms with van der Waals surface area (Å²) >= 11 is 0. The van der Waals surface area contributed by atoms with E-state index in [9.17, 15) is 8.94 Å². The number of rotatable bonds is 7. The fraction of sp³-hybridized carbons (Fsp3) is 0.200. The van der Waals surface area contributed by atoms with Crippen molar-refractivity contribution in [1.29, 1.82) is 4.78 Å². The van der Waals surface area contributed by atoms with Gasteiger partial charge in [-0.3, -0.25) is 4.78 Å². The zero-order valence-electron chi connectivity index (χ0n) is 16.2. The van der Waals surface area contributed by atoms with Crippen molar-refractivity contribution in [2.75, 3.05) is 29.5 Å². The highest BCUT2D eigenvalue weighted by atomic mass is 32.2. The lowest BCUT2D eigenvalue weighted by atomic mass is 10.0. The molecule has 1 atom stereocenters. The molecule has 0 spiro atoms. The number of benzene rings is 2.